The Kier molecular flexibility index (Phi) is 3.93. The van der Waals surface area contributed by atoms with E-state index < -0.39 is 4.92 Å². The summed E-state index contributed by atoms with van der Waals surface area (Å²) in [5.74, 6) is 0.120. The number of hydrogen-bond donors (Lipinski definition) is 0. The van der Waals surface area contributed by atoms with Crippen LogP contribution < -0.4 is 4.90 Å². The molecule has 0 aliphatic rings. The molecular weight excluding hydrogens is 275 g/mol. The largest absolute Gasteiger partial charge is 0.350 e. The maximum atomic E-state index is 13.6. The SMILES string of the molecule is Cc1ccc(CN(C)c2c([N+](=O)[O-])c(C)nn2C)cc1F. The van der Waals surface area contributed by atoms with E-state index in [9.17, 15) is 14.5 Å². The number of benzene rings is 1. The van der Waals surface area contributed by atoms with Gasteiger partial charge in [-0.25, -0.2) is 9.07 Å². The third kappa shape index (κ3) is 2.86. The van der Waals surface area contributed by atoms with Crippen molar-refractivity contribution in [3.63, 3.8) is 0 Å². The number of aryl methyl sites for hydroxylation is 3. The molecule has 21 heavy (non-hydrogen) atoms. The van der Waals surface area contributed by atoms with Crippen LogP contribution in [0.4, 0.5) is 15.9 Å². The van der Waals surface area contributed by atoms with E-state index in [2.05, 4.69) is 5.10 Å². The van der Waals surface area contributed by atoms with E-state index in [4.69, 9.17) is 0 Å². The van der Waals surface area contributed by atoms with Crippen LogP contribution in [0.2, 0.25) is 0 Å². The van der Waals surface area contributed by atoms with Crippen molar-refractivity contribution in [2.45, 2.75) is 20.4 Å². The molecule has 0 N–H and O–H groups in total. The Labute approximate surface area is 121 Å². The summed E-state index contributed by atoms with van der Waals surface area (Å²) in [7, 11) is 3.38. The van der Waals surface area contributed by atoms with Gasteiger partial charge in [0.2, 0.25) is 5.82 Å². The number of anilines is 1. The molecule has 0 saturated heterocycles. The van der Waals surface area contributed by atoms with Crippen LogP contribution in [-0.2, 0) is 13.6 Å². The lowest BCUT2D eigenvalue weighted by Gasteiger charge is -2.18. The van der Waals surface area contributed by atoms with Gasteiger partial charge in [0.15, 0.2) is 0 Å². The molecule has 0 aliphatic carbocycles. The lowest BCUT2D eigenvalue weighted by atomic mass is 10.1. The second kappa shape index (κ2) is 5.51. The van der Waals surface area contributed by atoms with Crippen molar-refractivity contribution in [2.24, 2.45) is 7.05 Å². The number of hydrogen-bond acceptors (Lipinski definition) is 4. The van der Waals surface area contributed by atoms with E-state index in [1.807, 2.05) is 6.07 Å². The van der Waals surface area contributed by atoms with Crippen LogP contribution in [0.1, 0.15) is 16.8 Å². The summed E-state index contributed by atoms with van der Waals surface area (Å²) in [5.41, 5.74) is 1.66. The highest BCUT2D eigenvalue weighted by Crippen LogP contribution is 2.30. The number of nitro groups is 1. The third-order valence-electron chi connectivity index (χ3n) is 3.36. The maximum absolute atomic E-state index is 13.6. The fourth-order valence-electron chi connectivity index (χ4n) is 2.36. The molecule has 112 valence electrons. The van der Waals surface area contributed by atoms with Crippen LogP contribution in [0.25, 0.3) is 0 Å². The van der Waals surface area contributed by atoms with Gasteiger partial charge < -0.3 is 4.90 Å². The van der Waals surface area contributed by atoms with E-state index in [0.29, 0.717) is 23.6 Å². The quantitative estimate of drug-likeness (QED) is 0.642. The maximum Gasteiger partial charge on any atom is 0.333 e. The van der Waals surface area contributed by atoms with Crippen LogP contribution in [-0.4, -0.2) is 21.8 Å². The molecule has 7 heteroatoms. The summed E-state index contributed by atoms with van der Waals surface area (Å²) in [6, 6.07) is 4.95. The molecule has 0 bridgehead atoms. The van der Waals surface area contributed by atoms with Gasteiger partial charge in [0.05, 0.1) is 4.92 Å². The Morgan fingerprint density at radius 2 is 2.10 bits per heavy atom. The van der Waals surface area contributed by atoms with Gasteiger partial charge in [-0.05, 0) is 31.0 Å². The summed E-state index contributed by atoms with van der Waals surface area (Å²) in [5, 5.41) is 15.3. The smallest absolute Gasteiger partial charge is 0.333 e. The molecule has 2 rings (SSSR count). The van der Waals surface area contributed by atoms with Crippen LogP contribution in [0, 0.1) is 29.8 Å². The van der Waals surface area contributed by atoms with Crippen molar-refractivity contribution in [2.75, 3.05) is 11.9 Å². The average Bonchev–Trinajstić information content (AvgIpc) is 2.69. The molecular formula is C14H17FN4O2. The molecule has 1 heterocycles. The average molecular weight is 292 g/mol. The Balaban J connectivity index is 2.34. The van der Waals surface area contributed by atoms with Crippen molar-refractivity contribution in [1.29, 1.82) is 0 Å². The summed E-state index contributed by atoms with van der Waals surface area (Å²) in [6.07, 6.45) is 0. The fraction of sp³-hybridized carbons (Fsp3) is 0.357. The van der Waals surface area contributed by atoms with E-state index >= 15 is 0 Å². The highest BCUT2D eigenvalue weighted by atomic mass is 19.1. The molecule has 0 aliphatic heterocycles. The minimum absolute atomic E-state index is 0.0208. The van der Waals surface area contributed by atoms with Gasteiger partial charge in [0.25, 0.3) is 0 Å². The summed E-state index contributed by atoms with van der Waals surface area (Å²) in [6.45, 7) is 3.65. The van der Waals surface area contributed by atoms with Gasteiger partial charge in [-0.2, -0.15) is 5.10 Å². The van der Waals surface area contributed by atoms with E-state index in [0.717, 1.165) is 5.56 Å². The number of rotatable bonds is 4. The minimum atomic E-state index is -0.441. The van der Waals surface area contributed by atoms with Crippen LogP contribution in [0.3, 0.4) is 0 Å². The predicted octanol–water partition coefficient (Wildman–Crippen LogP) is 2.72. The molecule has 1 aromatic carbocycles. The first-order valence-corrected chi connectivity index (χ1v) is 6.45. The van der Waals surface area contributed by atoms with Crippen molar-refractivity contribution < 1.29 is 9.31 Å². The molecule has 0 spiro atoms. The number of nitrogens with zero attached hydrogens (tertiary/aromatic N) is 4. The number of aromatic nitrogens is 2. The van der Waals surface area contributed by atoms with Gasteiger partial charge in [0.1, 0.15) is 11.5 Å². The Bertz CT molecular complexity index is 697. The minimum Gasteiger partial charge on any atom is -0.350 e. The first-order chi connectivity index (χ1) is 9.81. The van der Waals surface area contributed by atoms with Crippen molar-refractivity contribution in [1.82, 2.24) is 9.78 Å². The summed E-state index contributed by atoms with van der Waals surface area (Å²) < 4.78 is 15.0. The van der Waals surface area contributed by atoms with E-state index in [1.165, 1.54) is 10.7 Å². The second-order valence-corrected chi connectivity index (χ2v) is 5.08. The topological polar surface area (TPSA) is 64.2 Å². The Morgan fingerprint density at radius 3 is 2.67 bits per heavy atom. The van der Waals surface area contributed by atoms with Gasteiger partial charge in [-0.1, -0.05) is 12.1 Å². The van der Waals surface area contributed by atoms with Gasteiger partial charge in [-0.3, -0.25) is 10.1 Å². The molecule has 1 aromatic heterocycles. The second-order valence-electron chi connectivity index (χ2n) is 5.08. The first kappa shape index (κ1) is 15.0. The zero-order valence-corrected chi connectivity index (χ0v) is 12.4. The van der Waals surface area contributed by atoms with Crippen LogP contribution in [0.5, 0.6) is 0 Å². The normalized spacial score (nSPS) is 10.7. The molecule has 0 saturated carbocycles. The summed E-state index contributed by atoms with van der Waals surface area (Å²) in [4.78, 5) is 12.4. The zero-order valence-electron chi connectivity index (χ0n) is 12.4. The fourth-order valence-corrected chi connectivity index (χ4v) is 2.36. The van der Waals surface area contributed by atoms with E-state index in [-0.39, 0.29) is 11.5 Å². The van der Waals surface area contributed by atoms with E-state index in [1.54, 1.807) is 38.9 Å². The summed E-state index contributed by atoms with van der Waals surface area (Å²) >= 11 is 0. The lowest BCUT2D eigenvalue weighted by molar-refractivity contribution is -0.384. The Hall–Kier alpha value is -2.44. The molecule has 6 nitrogen and oxygen atoms in total. The monoisotopic (exact) mass is 292 g/mol. The molecule has 0 atom stereocenters. The lowest BCUT2D eigenvalue weighted by Crippen LogP contribution is -2.20. The molecule has 2 aromatic rings. The van der Waals surface area contributed by atoms with Crippen molar-refractivity contribution in [3.05, 3.63) is 51.0 Å². The molecule has 0 unspecified atom stereocenters. The highest BCUT2D eigenvalue weighted by Gasteiger charge is 2.26. The van der Waals surface area contributed by atoms with Gasteiger partial charge in [0, 0.05) is 20.6 Å². The zero-order chi connectivity index (χ0) is 15.7. The standard InChI is InChI=1S/C14H17FN4O2/c1-9-5-6-11(7-12(9)15)8-17(3)14-13(19(20)21)10(2)16-18(14)4/h5-7H,8H2,1-4H3. The van der Waals surface area contributed by atoms with Crippen molar-refractivity contribution >= 4 is 11.5 Å². The van der Waals surface area contributed by atoms with Crippen molar-refractivity contribution in [3.8, 4) is 0 Å². The first-order valence-electron chi connectivity index (χ1n) is 6.45. The molecule has 0 radical (unpaired) electrons. The predicted molar refractivity (Wildman–Crippen MR) is 77.8 cm³/mol. The Morgan fingerprint density at radius 1 is 1.43 bits per heavy atom. The van der Waals surface area contributed by atoms with Gasteiger partial charge >= 0.3 is 5.69 Å². The molecule has 0 fully saturated rings. The highest BCUT2D eigenvalue weighted by molar-refractivity contribution is 5.61. The number of halogens is 1. The third-order valence-corrected chi connectivity index (χ3v) is 3.36. The molecule has 0 amide bonds. The van der Waals surface area contributed by atoms with Crippen LogP contribution >= 0.6 is 0 Å². The van der Waals surface area contributed by atoms with Crippen LogP contribution in [0.15, 0.2) is 18.2 Å². The van der Waals surface area contributed by atoms with Gasteiger partial charge in [-0.15, -0.1) is 0 Å².